The highest BCUT2D eigenvalue weighted by Gasteiger charge is 2.50. The SMILES string of the molecule is CC(C=O)=CC=CC(C)=CC=CC=C(C)C=CC=C(C)C1C=C2C(C)(C)CC(O)CC2(C)O1. The quantitative estimate of drug-likeness (QED) is 0.190. The van der Waals surface area contributed by atoms with Crippen molar-refractivity contribution in [2.45, 2.75) is 79.1 Å². The largest absolute Gasteiger partial charge is 0.393 e. The standard InChI is InChI=1S/C30H40O3/c1-22(14-10-16-24(3)21-31)12-8-9-13-23(2)15-11-17-25(4)27-18-28-29(5,6)19-26(32)20-30(28,7)33-27/h8-18,21,26-27,32H,19-20H2,1-7H3. The molecule has 0 radical (unpaired) electrons. The molecule has 1 aliphatic carbocycles. The zero-order valence-corrected chi connectivity index (χ0v) is 21.3. The lowest BCUT2D eigenvalue weighted by Crippen LogP contribution is -2.45. The Morgan fingerprint density at radius 2 is 1.42 bits per heavy atom. The predicted molar refractivity (Wildman–Crippen MR) is 139 cm³/mol. The third-order valence-electron chi connectivity index (χ3n) is 6.28. The predicted octanol–water partition coefficient (Wildman–Crippen LogP) is 6.90. The van der Waals surface area contributed by atoms with E-state index in [-0.39, 0.29) is 23.2 Å². The van der Waals surface area contributed by atoms with E-state index in [0.29, 0.717) is 12.0 Å². The Hall–Kier alpha value is -2.49. The van der Waals surface area contributed by atoms with Gasteiger partial charge in [0, 0.05) is 6.42 Å². The molecule has 2 aliphatic rings. The Morgan fingerprint density at radius 1 is 0.879 bits per heavy atom. The lowest BCUT2D eigenvalue weighted by molar-refractivity contribution is -0.104. The molecule has 3 nitrogen and oxygen atoms in total. The fourth-order valence-corrected chi connectivity index (χ4v) is 4.61. The Morgan fingerprint density at radius 3 is 2.00 bits per heavy atom. The highest BCUT2D eigenvalue weighted by atomic mass is 16.5. The minimum absolute atomic E-state index is 0.0449. The molecule has 3 unspecified atom stereocenters. The number of aldehydes is 1. The summed E-state index contributed by atoms with van der Waals surface area (Å²) >= 11 is 0. The molecule has 3 atom stereocenters. The first-order valence-electron chi connectivity index (χ1n) is 11.7. The zero-order valence-electron chi connectivity index (χ0n) is 21.3. The summed E-state index contributed by atoms with van der Waals surface area (Å²) in [6, 6.07) is 0. The number of allylic oxidation sites excluding steroid dienone is 13. The van der Waals surface area contributed by atoms with Gasteiger partial charge in [-0.1, -0.05) is 85.8 Å². The molecule has 0 aromatic heterocycles. The maximum absolute atomic E-state index is 10.6. The summed E-state index contributed by atoms with van der Waals surface area (Å²) in [6.45, 7) is 14.5. The van der Waals surface area contributed by atoms with Crippen LogP contribution in [-0.2, 0) is 9.53 Å². The second-order valence-electron chi connectivity index (χ2n) is 10.2. The van der Waals surface area contributed by atoms with Crippen molar-refractivity contribution in [1.29, 1.82) is 0 Å². The third-order valence-corrected chi connectivity index (χ3v) is 6.28. The van der Waals surface area contributed by atoms with E-state index in [1.807, 2.05) is 37.3 Å². The van der Waals surface area contributed by atoms with Gasteiger partial charge in [-0.05, 0) is 69.2 Å². The molecule has 1 heterocycles. The highest BCUT2D eigenvalue weighted by molar-refractivity contribution is 5.72. The average molecular weight is 449 g/mol. The molecule has 0 saturated heterocycles. The molecule has 1 N–H and O–H groups in total. The molecule has 178 valence electrons. The summed E-state index contributed by atoms with van der Waals surface area (Å²) in [7, 11) is 0. The van der Waals surface area contributed by atoms with Crippen molar-refractivity contribution >= 4 is 6.29 Å². The second kappa shape index (κ2) is 11.6. The number of aliphatic hydroxyl groups is 1. The van der Waals surface area contributed by atoms with Crippen LogP contribution in [0.1, 0.15) is 61.3 Å². The van der Waals surface area contributed by atoms with Gasteiger partial charge in [0.15, 0.2) is 0 Å². The Bertz CT molecular complexity index is 963. The van der Waals surface area contributed by atoms with Gasteiger partial charge in [0.2, 0.25) is 0 Å². The van der Waals surface area contributed by atoms with Crippen LogP contribution < -0.4 is 0 Å². The lowest BCUT2D eigenvalue weighted by atomic mass is 9.65. The molecule has 1 fully saturated rings. The molecule has 1 saturated carbocycles. The van der Waals surface area contributed by atoms with Crippen molar-refractivity contribution < 1.29 is 14.6 Å². The molecule has 0 amide bonds. The van der Waals surface area contributed by atoms with E-state index in [1.54, 1.807) is 13.0 Å². The molecule has 33 heavy (non-hydrogen) atoms. The van der Waals surface area contributed by atoms with Crippen molar-refractivity contribution in [2.75, 3.05) is 0 Å². The smallest absolute Gasteiger partial charge is 0.145 e. The van der Waals surface area contributed by atoms with E-state index in [2.05, 4.69) is 65.0 Å². The summed E-state index contributed by atoms with van der Waals surface area (Å²) in [5.41, 5.74) is 5.01. The molecule has 1 aliphatic heterocycles. The first-order chi connectivity index (χ1) is 15.5. The normalized spacial score (nSPS) is 29.3. The fraction of sp³-hybridized carbons (Fsp3) is 0.433. The van der Waals surface area contributed by atoms with Crippen molar-refractivity contribution in [1.82, 2.24) is 0 Å². The summed E-state index contributed by atoms with van der Waals surface area (Å²) in [5.74, 6) is 0. The van der Waals surface area contributed by atoms with Crippen molar-refractivity contribution in [2.24, 2.45) is 5.41 Å². The summed E-state index contributed by atoms with van der Waals surface area (Å²) in [4.78, 5) is 10.6. The van der Waals surface area contributed by atoms with Gasteiger partial charge in [0.05, 0.1) is 17.8 Å². The lowest BCUT2D eigenvalue weighted by Gasteiger charge is -2.44. The monoisotopic (exact) mass is 448 g/mol. The number of fused-ring (bicyclic) bond motifs is 1. The molecule has 0 bridgehead atoms. The van der Waals surface area contributed by atoms with E-state index >= 15 is 0 Å². The van der Waals surface area contributed by atoms with E-state index < -0.39 is 0 Å². The molecule has 3 heteroatoms. The molecular formula is C30H40O3. The maximum Gasteiger partial charge on any atom is 0.145 e. The molecule has 2 rings (SSSR count). The third kappa shape index (κ3) is 7.80. The van der Waals surface area contributed by atoms with Crippen molar-refractivity contribution in [3.63, 3.8) is 0 Å². The number of aliphatic hydroxyl groups excluding tert-OH is 1. The van der Waals surface area contributed by atoms with E-state index in [9.17, 15) is 9.90 Å². The number of carbonyl (C=O) groups excluding carboxylic acids is 1. The number of rotatable bonds is 8. The van der Waals surface area contributed by atoms with Crippen LogP contribution in [0.2, 0.25) is 0 Å². The second-order valence-corrected chi connectivity index (χ2v) is 10.2. The van der Waals surface area contributed by atoms with E-state index in [4.69, 9.17) is 4.74 Å². The summed E-state index contributed by atoms with van der Waals surface area (Å²) < 4.78 is 6.41. The van der Waals surface area contributed by atoms with Crippen LogP contribution in [0, 0.1) is 5.41 Å². The van der Waals surface area contributed by atoms with E-state index in [1.165, 1.54) is 5.57 Å². The number of hydrogen-bond acceptors (Lipinski definition) is 3. The summed E-state index contributed by atoms with van der Waals surface area (Å²) in [6.07, 6.45) is 24.2. The zero-order chi connectivity index (χ0) is 24.6. The van der Waals surface area contributed by atoms with Gasteiger partial charge in [-0.15, -0.1) is 0 Å². The van der Waals surface area contributed by atoms with Gasteiger partial charge in [-0.3, -0.25) is 4.79 Å². The van der Waals surface area contributed by atoms with Gasteiger partial charge in [0.25, 0.3) is 0 Å². The van der Waals surface area contributed by atoms with Gasteiger partial charge in [-0.25, -0.2) is 0 Å². The first kappa shape index (κ1) is 26.8. The van der Waals surface area contributed by atoms with Crippen LogP contribution >= 0.6 is 0 Å². The minimum atomic E-state index is -0.379. The van der Waals surface area contributed by atoms with Crippen LogP contribution in [0.15, 0.2) is 94.7 Å². The molecular weight excluding hydrogens is 408 g/mol. The van der Waals surface area contributed by atoms with Crippen LogP contribution in [0.4, 0.5) is 0 Å². The van der Waals surface area contributed by atoms with Crippen molar-refractivity contribution in [3.8, 4) is 0 Å². The Balaban J connectivity index is 1.97. The number of hydrogen-bond donors (Lipinski definition) is 1. The molecule has 0 aromatic rings. The molecule has 0 aromatic carbocycles. The van der Waals surface area contributed by atoms with E-state index in [0.717, 1.165) is 29.4 Å². The number of carbonyl (C=O) groups is 1. The average Bonchev–Trinajstić information content (AvgIpc) is 3.08. The van der Waals surface area contributed by atoms with Gasteiger partial charge in [0.1, 0.15) is 6.29 Å². The first-order valence-corrected chi connectivity index (χ1v) is 11.7. The van der Waals surface area contributed by atoms with Crippen LogP contribution in [0.25, 0.3) is 0 Å². The highest BCUT2D eigenvalue weighted by Crippen LogP contribution is 2.51. The fourth-order valence-electron chi connectivity index (χ4n) is 4.61. The molecule has 0 spiro atoms. The van der Waals surface area contributed by atoms with Gasteiger partial charge < -0.3 is 9.84 Å². The summed E-state index contributed by atoms with van der Waals surface area (Å²) in [5, 5.41) is 10.3. The maximum atomic E-state index is 10.6. The number of ether oxygens (including phenoxy) is 1. The minimum Gasteiger partial charge on any atom is -0.393 e. The Labute approximate surface area is 200 Å². The Kier molecular flexibility index (Phi) is 9.39. The van der Waals surface area contributed by atoms with Crippen LogP contribution in [0.5, 0.6) is 0 Å². The topological polar surface area (TPSA) is 46.5 Å². The van der Waals surface area contributed by atoms with Crippen molar-refractivity contribution in [3.05, 3.63) is 94.7 Å². The van der Waals surface area contributed by atoms with Crippen LogP contribution in [-0.4, -0.2) is 29.2 Å². The van der Waals surface area contributed by atoms with Gasteiger partial charge >= 0.3 is 0 Å². The van der Waals surface area contributed by atoms with Crippen LogP contribution in [0.3, 0.4) is 0 Å². The van der Waals surface area contributed by atoms with Gasteiger partial charge in [-0.2, -0.15) is 0 Å².